The van der Waals surface area contributed by atoms with Crippen LogP contribution in [0.15, 0.2) is 12.3 Å². The number of halogens is 3. The van der Waals surface area contributed by atoms with Crippen molar-refractivity contribution in [2.24, 2.45) is 0 Å². The molecule has 0 aliphatic heterocycles. The summed E-state index contributed by atoms with van der Waals surface area (Å²) in [4.78, 5) is 3.20. The van der Waals surface area contributed by atoms with Crippen LogP contribution in [0.3, 0.4) is 0 Å². The molecule has 15 heavy (non-hydrogen) atoms. The maximum Gasteiger partial charge on any atom is 0.574 e. The molecule has 0 unspecified atom stereocenters. The van der Waals surface area contributed by atoms with Gasteiger partial charge < -0.3 is 9.84 Å². The van der Waals surface area contributed by atoms with E-state index in [1.807, 2.05) is 0 Å². The van der Waals surface area contributed by atoms with Gasteiger partial charge in [-0.05, 0) is 6.07 Å². The fourth-order valence-electron chi connectivity index (χ4n) is 0.884. The molecule has 1 heterocycles. The number of aromatic nitrogens is 1. The Labute approximate surface area is 82.5 Å². The molecule has 1 aromatic heterocycles. The number of hydrogen-bond donors (Lipinski definition) is 1. The smallest absolute Gasteiger partial charge is 0.503 e. The van der Waals surface area contributed by atoms with Crippen LogP contribution in [0.4, 0.5) is 13.2 Å². The van der Waals surface area contributed by atoms with Crippen molar-refractivity contribution in [3.8, 4) is 17.7 Å². The Morgan fingerprint density at radius 3 is 2.73 bits per heavy atom. The summed E-state index contributed by atoms with van der Waals surface area (Å²) in [5.41, 5.74) is 0.0340. The van der Waals surface area contributed by atoms with Crippen molar-refractivity contribution in [2.75, 3.05) is 0 Å². The van der Waals surface area contributed by atoms with Crippen molar-refractivity contribution in [2.45, 2.75) is 12.8 Å². The van der Waals surface area contributed by atoms with Gasteiger partial charge in [0.05, 0.1) is 12.5 Å². The first-order chi connectivity index (χ1) is 6.94. The predicted octanol–water partition coefficient (Wildman–Crippen LogP) is 1.75. The molecule has 0 fully saturated rings. The third-order valence-electron chi connectivity index (χ3n) is 1.46. The van der Waals surface area contributed by atoms with E-state index in [4.69, 9.17) is 5.26 Å². The second-order valence-electron chi connectivity index (χ2n) is 2.51. The van der Waals surface area contributed by atoms with Crippen LogP contribution < -0.4 is 4.74 Å². The number of rotatable bonds is 2. The van der Waals surface area contributed by atoms with E-state index in [2.05, 4.69) is 9.72 Å². The maximum absolute atomic E-state index is 11.8. The van der Waals surface area contributed by atoms with Crippen LogP contribution in [0.2, 0.25) is 0 Å². The summed E-state index contributed by atoms with van der Waals surface area (Å²) in [6.07, 6.45) is -4.12. The van der Waals surface area contributed by atoms with Crippen LogP contribution in [0, 0.1) is 11.3 Å². The molecule has 0 spiro atoms. The average Bonchev–Trinajstić information content (AvgIpc) is 2.10. The molecule has 0 atom stereocenters. The molecular formula is C8H5F3N2O2. The minimum absolute atomic E-state index is 0.0340. The maximum atomic E-state index is 11.8. The van der Waals surface area contributed by atoms with Gasteiger partial charge >= 0.3 is 6.36 Å². The lowest BCUT2D eigenvalue weighted by Crippen LogP contribution is -2.18. The van der Waals surface area contributed by atoms with Gasteiger partial charge in [-0.15, -0.1) is 13.2 Å². The second-order valence-corrected chi connectivity index (χ2v) is 2.51. The zero-order valence-corrected chi connectivity index (χ0v) is 7.25. The van der Waals surface area contributed by atoms with Crippen molar-refractivity contribution in [3.63, 3.8) is 0 Å². The highest BCUT2D eigenvalue weighted by Gasteiger charge is 2.33. The third kappa shape index (κ3) is 3.02. The summed E-state index contributed by atoms with van der Waals surface area (Å²) in [7, 11) is 0. The van der Waals surface area contributed by atoms with Crippen molar-refractivity contribution < 1.29 is 23.0 Å². The molecule has 0 saturated carbocycles. The molecule has 1 rings (SSSR count). The van der Waals surface area contributed by atoms with Gasteiger partial charge in [0.15, 0.2) is 5.75 Å². The zero-order valence-electron chi connectivity index (χ0n) is 7.25. The molecule has 0 saturated heterocycles. The van der Waals surface area contributed by atoms with Crippen LogP contribution in [0.1, 0.15) is 5.56 Å². The molecule has 1 aromatic rings. The first-order valence-corrected chi connectivity index (χ1v) is 3.73. The summed E-state index contributed by atoms with van der Waals surface area (Å²) >= 11 is 0. The highest BCUT2D eigenvalue weighted by molar-refractivity contribution is 5.41. The van der Waals surface area contributed by atoms with E-state index in [0.29, 0.717) is 0 Å². The number of aromatic hydroxyl groups is 1. The van der Waals surface area contributed by atoms with Gasteiger partial charge in [0, 0.05) is 11.8 Å². The molecule has 0 aliphatic carbocycles. The van der Waals surface area contributed by atoms with Gasteiger partial charge in [-0.1, -0.05) is 0 Å². The Kier molecular flexibility index (Phi) is 2.99. The molecule has 1 N–H and O–H groups in total. The highest BCUT2D eigenvalue weighted by atomic mass is 19.4. The lowest BCUT2D eigenvalue weighted by atomic mass is 10.2. The highest BCUT2D eigenvalue weighted by Crippen LogP contribution is 2.31. The third-order valence-corrected chi connectivity index (χ3v) is 1.46. The molecule has 80 valence electrons. The molecule has 0 aromatic carbocycles. The molecule has 0 amide bonds. The summed E-state index contributed by atoms with van der Waals surface area (Å²) in [5.74, 6) is -1.72. The van der Waals surface area contributed by atoms with Crippen LogP contribution in [-0.4, -0.2) is 16.5 Å². The lowest BCUT2D eigenvalue weighted by molar-refractivity contribution is -0.276. The van der Waals surface area contributed by atoms with Crippen molar-refractivity contribution in [1.29, 1.82) is 5.26 Å². The molecule has 0 radical (unpaired) electrons. The Balaban J connectivity index is 3.00. The van der Waals surface area contributed by atoms with E-state index in [1.54, 1.807) is 6.07 Å². The number of ether oxygens (including phenoxy) is 1. The predicted molar refractivity (Wildman–Crippen MR) is 41.9 cm³/mol. The lowest BCUT2D eigenvalue weighted by Gasteiger charge is -2.10. The number of pyridine rings is 1. The minimum Gasteiger partial charge on any atom is -0.503 e. The molecule has 7 heteroatoms. The van der Waals surface area contributed by atoms with E-state index in [1.165, 1.54) is 6.07 Å². The summed E-state index contributed by atoms with van der Waals surface area (Å²) < 4.78 is 38.9. The van der Waals surface area contributed by atoms with Crippen LogP contribution in [-0.2, 0) is 6.42 Å². The molecular weight excluding hydrogens is 213 g/mol. The van der Waals surface area contributed by atoms with E-state index < -0.39 is 18.0 Å². The number of nitriles is 1. The fourth-order valence-corrected chi connectivity index (χ4v) is 0.884. The van der Waals surface area contributed by atoms with Gasteiger partial charge in [-0.3, -0.25) is 0 Å². The van der Waals surface area contributed by atoms with Crippen LogP contribution in [0.5, 0.6) is 11.6 Å². The molecule has 0 aliphatic rings. The molecule has 4 nitrogen and oxygen atoms in total. The normalized spacial score (nSPS) is 10.8. The second kappa shape index (κ2) is 4.04. The standard InChI is InChI=1S/C8H5F3N2O2/c9-8(10,11)15-7-6(14)5(1-3-12)2-4-13-7/h2,4,14H,1H2. The van der Waals surface area contributed by atoms with E-state index >= 15 is 0 Å². The van der Waals surface area contributed by atoms with Crippen molar-refractivity contribution in [1.82, 2.24) is 4.98 Å². The first kappa shape index (κ1) is 11.1. The quantitative estimate of drug-likeness (QED) is 0.821. The largest absolute Gasteiger partial charge is 0.574 e. The Hall–Kier alpha value is -1.97. The summed E-state index contributed by atoms with van der Waals surface area (Å²) in [6, 6.07) is 2.93. The van der Waals surface area contributed by atoms with Gasteiger partial charge in [-0.25, -0.2) is 4.98 Å². The van der Waals surface area contributed by atoms with Gasteiger partial charge in [-0.2, -0.15) is 5.26 Å². The van der Waals surface area contributed by atoms with Gasteiger partial charge in [0.2, 0.25) is 0 Å². The van der Waals surface area contributed by atoms with Crippen LogP contribution in [0.25, 0.3) is 0 Å². The SMILES string of the molecule is N#CCc1ccnc(OC(F)(F)F)c1O. The van der Waals surface area contributed by atoms with Gasteiger partial charge in [0.25, 0.3) is 5.88 Å². The van der Waals surface area contributed by atoms with Crippen LogP contribution >= 0.6 is 0 Å². The Morgan fingerprint density at radius 2 is 2.20 bits per heavy atom. The average molecular weight is 218 g/mol. The minimum atomic E-state index is -4.92. The summed E-state index contributed by atoms with van der Waals surface area (Å²) in [6.45, 7) is 0. The molecule has 0 bridgehead atoms. The van der Waals surface area contributed by atoms with Crippen molar-refractivity contribution >= 4 is 0 Å². The summed E-state index contributed by atoms with van der Waals surface area (Å²) in [5, 5.41) is 17.6. The fraction of sp³-hybridized carbons (Fsp3) is 0.250. The zero-order chi connectivity index (χ0) is 11.5. The Bertz CT molecular complexity index is 398. The van der Waals surface area contributed by atoms with E-state index in [9.17, 15) is 18.3 Å². The topological polar surface area (TPSA) is 66.1 Å². The van der Waals surface area contributed by atoms with Gasteiger partial charge in [0.1, 0.15) is 0 Å². The van der Waals surface area contributed by atoms with E-state index in [0.717, 1.165) is 6.20 Å². The number of alkyl halides is 3. The number of hydrogen-bond acceptors (Lipinski definition) is 4. The van der Waals surface area contributed by atoms with Crippen molar-refractivity contribution in [3.05, 3.63) is 17.8 Å². The monoisotopic (exact) mass is 218 g/mol. The van der Waals surface area contributed by atoms with E-state index in [-0.39, 0.29) is 12.0 Å². The number of nitrogens with zero attached hydrogens (tertiary/aromatic N) is 2. The first-order valence-electron chi connectivity index (χ1n) is 3.73. The Morgan fingerprint density at radius 1 is 1.53 bits per heavy atom.